The molecule has 132 valence electrons. The molecule has 1 saturated carbocycles. The van der Waals surface area contributed by atoms with E-state index in [4.69, 9.17) is 0 Å². The fourth-order valence-electron chi connectivity index (χ4n) is 4.47. The summed E-state index contributed by atoms with van der Waals surface area (Å²) in [5.41, 5.74) is 7.73. The molecule has 2 saturated heterocycles. The van der Waals surface area contributed by atoms with Crippen molar-refractivity contribution in [3.63, 3.8) is 0 Å². The van der Waals surface area contributed by atoms with Crippen LogP contribution in [0.3, 0.4) is 0 Å². The zero-order chi connectivity index (χ0) is 17.4. The number of amides is 3. The van der Waals surface area contributed by atoms with Gasteiger partial charge < -0.3 is 0 Å². The summed E-state index contributed by atoms with van der Waals surface area (Å²) < 4.78 is 0. The number of imide groups is 1. The van der Waals surface area contributed by atoms with Crippen molar-refractivity contribution < 1.29 is 14.4 Å². The van der Waals surface area contributed by atoms with Gasteiger partial charge in [0.15, 0.2) is 0 Å². The number of benzene rings is 1. The Labute approximate surface area is 146 Å². The third kappa shape index (κ3) is 3.06. The summed E-state index contributed by atoms with van der Waals surface area (Å²) in [5.74, 6) is 0.309. The number of rotatable bonds is 3. The molecule has 2 heterocycles. The highest BCUT2D eigenvalue weighted by Crippen LogP contribution is 2.35. The van der Waals surface area contributed by atoms with Crippen LogP contribution in [-0.2, 0) is 20.8 Å². The monoisotopic (exact) mass is 341 g/mol. The summed E-state index contributed by atoms with van der Waals surface area (Å²) in [6.45, 7) is 0. The molecule has 1 aliphatic carbocycles. The standard InChI is InChI=1S/C19H23N3O3/c23-17-8-9-18(24)22(17)13-5-3-4-12(10-13)11-16-14-6-1-2-7-15(14)19(25)21-20-16/h3-5,10,14-16,20H,1-2,6-9,11H2,(H,21,25). The van der Waals surface area contributed by atoms with E-state index in [0.29, 0.717) is 24.4 Å². The van der Waals surface area contributed by atoms with E-state index >= 15 is 0 Å². The number of carbonyl (C=O) groups excluding carboxylic acids is 3. The van der Waals surface area contributed by atoms with Crippen molar-refractivity contribution >= 4 is 23.4 Å². The van der Waals surface area contributed by atoms with Crippen molar-refractivity contribution in [2.45, 2.75) is 51.0 Å². The van der Waals surface area contributed by atoms with Gasteiger partial charge in [-0.1, -0.05) is 25.0 Å². The Bertz CT molecular complexity index is 702. The lowest BCUT2D eigenvalue weighted by atomic mass is 9.72. The molecule has 4 rings (SSSR count). The maximum absolute atomic E-state index is 12.1. The van der Waals surface area contributed by atoms with Gasteiger partial charge in [-0.15, -0.1) is 0 Å². The summed E-state index contributed by atoms with van der Waals surface area (Å²) in [5, 5.41) is 0. The number of anilines is 1. The maximum Gasteiger partial charge on any atom is 0.237 e. The topological polar surface area (TPSA) is 78.5 Å². The number of hydrazine groups is 1. The van der Waals surface area contributed by atoms with Crippen molar-refractivity contribution in [2.75, 3.05) is 4.90 Å². The molecule has 3 atom stereocenters. The van der Waals surface area contributed by atoms with Crippen LogP contribution >= 0.6 is 0 Å². The molecule has 1 aromatic rings. The summed E-state index contributed by atoms with van der Waals surface area (Å²) in [4.78, 5) is 37.3. The normalized spacial score (nSPS) is 29.5. The molecule has 6 nitrogen and oxygen atoms in total. The predicted octanol–water partition coefficient (Wildman–Crippen LogP) is 1.69. The van der Waals surface area contributed by atoms with Gasteiger partial charge in [0.1, 0.15) is 0 Å². The second-order valence-corrected chi connectivity index (χ2v) is 7.29. The number of nitrogens with one attached hydrogen (secondary N) is 2. The molecule has 0 aromatic heterocycles. The number of nitrogens with zero attached hydrogens (tertiary/aromatic N) is 1. The number of carbonyl (C=O) groups is 3. The highest BCUT2D eigenvalue weighted by molar-refractivity contribution is 6.19. The van der Waals surface area contributed by atoms with Crippen LogP contribution in [-0.4, -0.2) is 23.8 Å². The molecule has 0 radical (unpaired) electrons. The Hall–Kier alpha value is -2.21. The van der Waals surface area contributed by atoms with Crippen LogP contribution in [0.25, 0.3) is 0 Å². The van der Waals surface area contributed by atoms with Gasteiger partial charge >= 0.3 is 0 Å². The second-order valence-electron chi connectivity index (χ2n) is 7.29. The summed E-state index contributed by atoms with van der Waals surface area (Å²) in [6.07, 6.45) is 5.68. The first-order valence-electron chi connectivity index (χ1n) is 9.13. The van der Waals surface area contributed by atoms with E-state index in [0.717, 1.165) is 31.2 Å². The second kappa shape index (κ2) is 6.59. The molecule has 3 fully saturated rings. The minimum atomic E-state index is -0.127. The quantitative estimate of drug-likeness (QED) is 0.820. The SMILES string of the molecule is O=C1NNC(Cc2cccc(N3C(=O)CCC3=O)c2)C2CCCCC12. The minimum Gasteiger partial charge on any atom is -0.291 e. The molecule has 3 unspecified atom stereocenters. The molecule has 3 aliphatic rings. The van der Waals surface area contributed by atoms with E-state index in [1.165, 1.54) is 11.3 Å². The molecule has 0 bridgehead atoms. The average molecular weight is 341 g/mol. The lowest BCUT2D eigenvalue weighted by Gasteiger charge is -2.41. The van der Waals surface area contributed by atoms with Gasteiger partial charge in [-0.25, -0.2) is 5.43 Å². The van der Waals surface area contributed by atoms with E-state index in [2.05, 4.69) is 10.9 Å². The van der Waals surface area contributed by atoms with Crippen LogP contribution in [0.1, 0.15) is 44.1 Å². The summed E-state index contributed by atoms with van der Waals surface area (Å²) in [7, 11) is 0. The van der Waals surface area contributed by atoms with E-state index < -0.39 is 0 Å². The zero-order valence-corrected chi connectivity index (χ0v) is 14.2. The zero-order valence-electron chi connectivity index (χ0n) is 14.2. The molecule has 0 spiro atoms. The summed E-state index contributed by atoms with van der Waals surface area (Å²) >= 11 is 0. The summed E-state index contributed by atoms with van der Waals surface area (Å²) in [6, 6.07) is 7.83. The van der Waals surface area contributed by atoms with Crippen LogP contribution in [0, 0.1) is 11.8 Å². The Morgan fingerprint density at radius 2 is 1.80 bits per heavy atom. The molecular weight excluding hydrogens is 318 g/mol. The Kier molecular flexibility index (Phi) is 4.29. The van der Waals surface area contributed by atoms with Gasteiger partial charge in [0, 0.05) is 24.8 Å². The Morgan fingerprint density at radius 3 is 2.60 bits per heavy atom. The lowest BCUT2D eigenvalue weighted by Crippen LogP contribution is -2.60. The number of hydrogen-bond acceptors (Lipinski definition) is 4. The third-order valence-corrected chi connectivity index (χ3v) is 5.73. The molecule has 3 amide bonds. The van der Waals surface area contributed by atoms with Gasteiger partial charge in [-0.2, -0.15) is 0 Å². The Morgan fingerprint density at radius 1 is 1.04 bits per heavy atom. The van der Waals surface area contributed by atoms with Crippen molar-refractivity contribution in [2.24, 2.45) is 11.8 Å². The molecule has 6 heteroatoms. The molecule has 25 heavy (non-hydrogen) atoms. The highest BCUT2D eigenvalue weighted by Gasteiger charge is 2.40. The van der Waals surface area contributed by atoms with Gasteiger partial charge in [0.25, 0.3) is 0 Å². The predicted molar refractivity (Wildman–Crippen MR) is 92.4 cm³/mol. The van der Waals surface area contributed by atoms with Crippen molar-refractivity contribution in [1.29, 1.82) is 0 Å². The van der Waals surface area contributed by atoms with Gasteiger partial charge in [0.2, 0.25) is 17.7 Å². The minimum absolute atomic E-state index is 0.102. The first-order valence-corrected chi connectivity index (χ1v) is 9.13. The number of hydrogen-bond donors (Lipinski definition) is 2. The maximum atomic E-state index is 12.1. The molecular formula is C19H23N3O3. The number of fused-ring (bicyclic) bond motifs is 1. The lowest BCUT2D eigenvalue weighted by molar-refractivity contribution is -0.133. The smallest absolute Gasteiger partial charge is 0.237 e. The van der Waals surface area contributed by atoms with E-state index in [1.807, 2.05) is 24.3 Å². The van der Waals surface area contributed by atoms with Crippen molar-refractivity contribution in [3.8, 4) is 0 Å². The average Bonchev–Trinajstić information content (AvgIpc) is 2.96. The van der Waals surface area contributed by atoms with Crippen LogP contribution < -0.4 is 15.8 Å². The molecule has 2 N–H and O–H groups in total. The van der Waals surface area contributed by atoms with E-state index in [1.54, 1.807) is 0 Å². The van der Waals surface area contributed by atoms with Crippen LogP contribution in [0.5, 0.6) is 0 Å². The van der Waals surface area contributed by atoms with Crippen molar-refractivity contribution in [1.82, 2.24) is 10.9 Å². The van der Waals surface area contributed by atoms with Crippen LogP contribution in [0.4, 0.5) is 5.69 Å². The van der Waals surface area contributed by atoms with Crippen molar-refractivity contribution in [3.05, 3.63) is 29.8 Å². The fraction of sp³-hybridized carbons (Fsp3) is 0.526. The molecule has 1 aromatic carbocycles. The van der Waals surface area contributed by atoms with E-state index in [-0.39, 0.29) is 29.7 Å². The van der Waals surface area contributed by atoms with Crippen LogP contribution in [0.2, 0.25) is 0 Å². The first kappa shape index (κ1) is 16.3. The third-order valence-electron chi connectivity index (χ3n) is 5.73. The van der Waals surface area contributed by atoms with Gasteiger partial charge in [0.05, 0.1) is 5.69 Å². The largest absolute Gasteiger partial charge is 0.291 e. The van der Waals surface area contributed by atoms with Gasteiger partial charge in [-0.3, -0.25) is 24.7 Å². The fourth-order valence-corrected chi connectivity index (χ4v) is 4.47. The molecule has 2 aliphatic heterocycles. The Balaban J connectivity index is 1.53. The van der Waals surface area contributed by atoms with Gasteiger partial charge in [-0.05, 0) is 42.9 Å². The van der Waals surface area contributed by atoms with Crippen LogP contribution in [0.15, 0.2) is 24.3 Å². The first-order chi connectivity index (χ1) is 12.1. The highest BCUT2D eigenvalue weighted by atomic mass is 16.2. The van der Waals surface area contributed by atoms with E-state index in [9.17, 15) is 14.4 Å².